The first-order chi connectivity index (χ1) is 14.2. The molecule has 2 aromatic carbocycles. The second-order valence-corrected chi connectivity index (χ2v) is 7.49. The van der Waals surface area contributed by atoms with Gasteiger partial charge in [0.2, 0.25) is 12.7 Å². The smallest absolute Gasteiger partial charge is 0.246 e. The molecule has 0 bridgehead atoms. The number of amides is 1. The lowest BCUT2D eigenvalue weighted by Gasteiger charge is -2.25. The number of fused-ring (bicyclic) bond motifs is 2. The average molecular weight is 407 g/mol. The average Bonchev–Trinajstić information content (AvgIpc) is 3.39. The standard InChI is InChI=1S/C23H19ClN2O3/c24-19-11-15(12-21-23(19)29-14-28-21)5-6-22(27)26-9-7-16(8-10-26)18-13-25-20-4-2-1-3-17(18)20/h1-7,11-13,25H,8-10,14H2. The van der Waals surface area contributed by atoms with Crippen molar-refractivity contribution in [3.8, 4) is 11.5 Å². The molecular weight excluding hydrogens is 388 g/mol. The van der Waals surface area contributed by atoms with Crippen LogP contribution in [-0.2, 0) is 4.79 Å². The summed E-state index contributed by atoms with van der Waals surface area (Å²) in [6.45, 7) is 1.45. The van der Waals surface area contributed by atoms with E-state index in [-0.39, 0.29) is 12.7 Å². The fourth-order valence-corrected chi connectivity index (χ4v) is 4.08. The topological polar surface area (TPSA) is 54.6 Å². The zero-order valence-corrected chi connectivity index (χ0v) is 16.4. The number of ether oxygens (including phenoxy) is 2. The lowest BCUT2D eigenvalue weighted by atomic mass is 9.99. The molecule has 5 rings (SSSR count). The van der Waals surface area contributed by atoms with Crippen LogP contribution in [0.5, 0.6) is 11.5 Å². The van der Waals surface area contributed by atoms with E-state index >= 15 is 0 Å². The molecule has 0 atom stereocenters. The van der Waals surface area contributed by atoms with Crippen molar-refractivity contribution >= 4 is 40.1 Å². The lowest BCUT2D eigenvalue weighted by Crippen LogP contribution is -2.33. The number of aromatic nitrogens is 1. The summed E-state index contributed by atoms with van der Waals surface area (Å²) in [4.78, 5) is 17.8. The lowest BCUT2D eigenvalue weighted by molar-refractivity contribution is -0.125. The Morgan fingerprint density at radius 3 is 2.97 bits per heavy atom. The molecule has 1 N–H and O–H groups in total. The van der Waals surface area contributed by atoms with Crippen LogP contribution in [0.1, 0.15) is 17.5 Å². The molecule has 0 spiro atoms. The number of rotatable bonds is 3. The Labute approximate surface area is 173 Å². The monoisotopic (exact) mass is 406 g/mol. The highest BCUT2D eigenvalue weighted by Crippen LogP contribution is 2.40. The van der Waals surface area contributed by atoms with E-state index in [1.54, 1.807) is 18.2 Å². The molecule has 1 amide bonds. The number of nitrogens with one attached hydrogen (secondary N) is 1. The van der Waals surface area contributed by atoms with Crippen LogP contribution >= 0.6 is 11.6 Å². The van der Waals surface area contributed by atoms with Crippen LogP contribution in [0.2, 0.25) is 5.02 Å². The molecule has 0 saturated carbocycles. The number of hydrogen-bond acceptors (Lipinski definition) is 3. The van der Waals surface area contributed by atoms with Crippen molar-refractivity contribution in [1.82, 2.24) is 9.88 Å². The van der Waals surface area contributed by atoms with Crippen molar-refractivity contribution in [3.63, 3.8) is 0 Å². The van der Waals surface area contributed by atoms with Gasteiger partial charge >= 0.3 is 0 Å². The van der Waals surface area contributed by atoms with E-state index in [9.17, 15) is 4.79 Å². The SMILES string of the molecule is O=C(C=Cc1cc(Cl)c2c(c1)OCO2)N1CC=C(c2c[nH]c3ccccc23)CC1. The Balaban J connectivity index is 1.29. The van der Waals surface area contributed by atoms with Gasteiger partial charge in [-0.25, -0.2) is 0 Å². The largest absolute Gasteiger partial charge is 0.454 e. The Hall–Kier alpha value is -3.18. The quantitative estimate of drug-likeness (QED) is 0.631. The molecule has 0 saturated heterocycles. The van der Waals surface area contributed by atoms with Crippen LogP contribution in [0.15, 0.2) is 54.7 Å². The van der Waals surface area contributed by atoms with E-state index in [0.717, 1.165) is 17.5 Å². The van der Waals surface area contributed by atoms with Crippen LogP contribution in [0, 0.1) is 0 Å². The summed E-state index contributed by atoms with van der Waals surface area (Å²) >= 11 is 6.20. The maximum Gasteiger partial charge on any atom is 0.246 e. The van der Waals surface area contributed by atoms with Crippen LogP contribution in [-0.4, -0.2) is 35.7 Å². The van der Waals surface area contributed by atoms with E-state index < -0.39 is 0 Å². The highest BCUT2D eigenvalue weighted by molar-refractivity contribution is 6.32. The van der Waals surface area contributed by atoms with Gasteiger partial charge in [0, 0.05) is 41.8 Å². The number of hydrogen-bond donors (Lipinski definition) is 1. The molecule has 3 heterocycles. The van der Waals surface area contributed by atoms with Crippen molar-refractivity contribution in [2.45, 2.75) is 6.42 Å². The van der Waals surface area contributed by atoms with Crippen molar-refractivity contribution in [2.75, 3.05) is 19.9 Å². The second-order valence-electron chi connectivity index (χ2n) is 7.08. The minimum absolute atomic E-state index is 0.0204. The van der Waals surface area contributed by atoms with Gasteiger partial charge in [-0.1, -0.05) is 35.9 Å². The summed E-state index contributed by atoms with van der Waals surface area (Å²) in [5.41, 5.74) is 4.43. The number of para-hydroxylation sites is 1. The molecule has 0 unspecified atom stereocenters. The van der Waals surface area contributed by atoms with Crippen LogP contribution in [0.3, 0.4) is 0 Å². The van der Waals surface area contributed by atoms with Crippen molar-refractivity contribution in [1.29, 1.82) is 0 Å². The molecule has 0 aliphatic carbocycles. The predicted octanol–water partition coefficient (Wildman–Crippen LogP) is 4.88. The van der Waals surface area contributed by atoms with Crippen molar-refractivity contribution < 1.29 is 14.3 Å². The van der Waals surface area contributed by atoms with Gasteiger partial charge in [-0.05, 0) is 41.8 Å². The number of carbonyl (C=O) groups is 1. The normalized spacial score (nSPS) is 15.9. The Bertz CT molecular complexity index is 1160. The van der Waals surface area contributed by atoms with Gasteiger partial charge in [-0.15, -0.1) is 0 Å². The summed E-state index contributed by atoms with van der Waals surface area (Å²) in [6.07, 6.45) is 8.37. The van der Waals surface area contributed by atoms with Crippen LogP contribution in [0.25, 0.3) is 22.6 Å². The molecule has 29 heavy (non-hydrogen) atoms. The van der Waals surface area contributed by atoms with E-state index in [0.29, 0.717) is 29.6 Å². The number of H-pyrrole nitrogens is 1. The molecule has 146 valence electrons. The van der Waals surface area contributed by atoms with Crippen molar-refractivity contribution in [2.24, 2.45) is 0 Å². The molecule has 5 nitrogen and oxygen atoms in total. The number of benzene rings is 2. The van der Waals surface area contributed by atoms with Gasteiger partial charge in [-0.2, -0.15) is 0 Å². The van der Waals surface area contributed by atoms with Crippen molar-refractivity contribution in [3.05, 3.63) is 70.9 Å². The summed E-state index contributed by atoms with van der Waals surface area (Å²) in [5, 5.41) is 1.70. The Kier molecular flexibility index (Phi) is 4.52. The van der Waals surface area contributed by atoms with Crippen LogP contribution in [0.4, 0.5) is 0 Å². The number of nitrogens with zero attached hydrogens (tertiary/aromatic N) is 1. The summed E-state index contributed by atoms with van der Waals surface area (Å²) < 4.78 is 10.7. The van der Waals surface area contributed by atoms with E-state index in [2.05, 4.69) is 29.4 Å². The molecule has 0 fully saturated rings. The fraction of sp³-hybridized carbons (Fsp3) is 0.174. The zero-order valence-electron chi connectivity index (χ0n) is 15.7. The third-order valence-electron chi connectivity index (χ3n) is 5.32. The maximum atomic E-state index is 12.6. The van der Waals surface area contributed by atoms with Gasteiger partial charge in [0.1, 0.15) is 0 Å². The number of carbonyl (C=O) groups excluding carboxylic acids is 1. The van der Waals surface area contributed by atoms with Gasteiger partial charge in [0.05, 0.1) is 5.02 Å². The van der Waals surface area contributed by atoms with E-state index in [1.165, 1.54) is 16.5 Å². The Morgan fingerprint density at radius 2 is 2.10 bits per heavy atom. The Morgan fingerprint density at radius 1 is 1.21 bits per heavy atom. The van der Waals surface area contributed by atoms with Gasteiger partial charge < -0.3 is 19.4 Å². The number of aromatic amines is 1. The minimum atomic E-state index is -0.0204. The summed E-state index contributed by atoms with van der Waals surface area (Å²) in [7, 11) is 0. The first kappa shape index (κ1) is 17.9. The molecule has 3 aromatic rings. The van der Waals surface area contributed by atoms with Gasteiger partial charge in [0.15, 0.2) is 11.5 Å². The first-order valence-electron chi connectivity index (χ1n) is 9.51. The number of halogens is 1. The predicted molar refractivity (Wildman–Crippen MR) is 114 cm³/mol. The summed E-state index contributed by atoms with van der Waals surface area (Å²) in [6, 6.07) is 11.9. The van der Waals surface area contributed by atoms with Gasteiger partial charge in [-0.3, -0.25) is 4.79 Å². The molecule has 6 heteroatoms. The summed E-state index contributed by atoms with van der Waals surface area (Å²) in [5.74, 6) is 1.14. The highest BCUT2D eigenvalue weighted by Gasteiger charge is 2.19. The maximum absolute atomic E-state index is 12.6. The zero-order chi connectivity index (χ0) is 19.8. The third-order valence-corrected chi connectivity index (χ3v) is 5.60. The minimum Gasteiger partial charge on any atom is -0.454 e. The molecule has 0 radical (unpaired) electrons. The van der Waals surface area contributed by atoms with Gasteiger partial charge in [0.25, 0.3) is 0 Å². The van der Waals surface area contributed by atoms with E-state index in [4.69, 9.17) is 21.1 Å². The highest BCUT2D eigenvalue weighted by atomic mass is 35.5. The van der Waals surface area contributed by atoms with Crippen LogP contribution < -0.4 is 9.47 Å². The second kappa shape index (κ2) is 7.33. The fourth-order valence-electron chi connectivity index (χ4n) is 3.81. The molecule has 1 aromatic heterocycles. The first-order valence-corrected chi connectivity index (χ1v) is 9.88. The van der Waals surface area contributed by atoms with E-state index in [1.807, 2.05) is 23.1 Å². The molecule has 2 aliphatic rings. The molecular formula is C23H19ClN2O3. The third kappa shape index (κ3) is 3.38. The molecule has 2 aliphatic heterocycles.